The predicted molar refractivity (Wildman–Crippen MR) is 105 cm³/mol. The van der Waals surface area contributed by atoms with Crippen LogP contribution in [0.2, 0.25) is 10.0 Å². The van der Waals surface area contributed by atoms with Gasteiger partial charge in [-0.1, -0.05) is 56.3 Å². The first-order valence-corrected chi connectivity index (χ1v) is 11.1. The van der Waals surface area contributed by atoms with E-state index in [0.29, 0.717) is 36.1 Å². The molecular formula is C18H29Cl2NO3S. The molecule has 0 fully saturated rings. The smallest absolute Gasteiger partial charge is 0.242 e. The quantitative estimate of drug-likeness (QED) is 0.482. The molecular weight excluding hydrogens is 381 g/mol. The zero-order valence-electron chi connectivity index (χ0n) is 15.3. The van der Waals surface area contributed by atoms with Gasteiger partial charge in [-0.05, 0) is 43.4 Å². The van der Waals surface area contributed by atoms with Gasteiger partial charge < -0.3 is 4.74 Å². The van der Waals surface area contributed by atoms with Crippen molar-refractivity contribution in [3.05, 3.63) is 27.7 Å². The van der Waals surface area contributed by atoms with Gasteiger partial charge in [0, 0.05) is 24.8 Å². The molecule has 1 unspecified atom stereocenters. The molecule has 25 heavy (non-hydrogen) atoms. The second-order valence-corrected chi connectivity index (χ2v) is 8.82. The molecule has 1 aromatic rings. The Morgan fingerprint density at radius 1 is 1.16 bits per heavy atom. The van der Waals surface area contributed by atoms with Crippen molar-refractivity contribution < 1.29 is 13.2 Å². The van der Waals surface area contributed by atoms with Gasteiger partial charge in [-0.2, -0.15) is 0 Å². The van der Waals surface area contributed by atoms with Gasteiger partial charge in [0.1, 0.15) is 4.90 Å². The minimum atomic E-state index is -3.65. The molecule has 0 aliphatic rings. The van der Waals surface area contributed by atoms with Crippen molar-refractivity contribution in [3.8, 4) is 0 Å². The van der Waals surface area contributed by atoms with Crippen molar-refractivity contribution in [2.45, 2.75) is 57.8 Å². The fourth-order valence-electron chi connectivity index (χ4n) is 2.44. The molecule has 0 saturated carbocycles. The van der Waals surface area contributed by atoms with Crippen molar-refractivity contribution >= 4 is 33.2 Å². The number of aryl methyl sites for hydroxylation is 1. The maximum atomic E-state index is 12.3. The molecule has 1 N–H and O–H groups in total. The van der Waals surface area contributed by atoms with Crippen LogP contribution in [-0.2, 0) is 14.8 Å². The number of nitrogens with one attached hydrogen (secondary N) is 1. The summed E-state index contributed by atoms with van der Waals surface area (Å²) in [6.45, 7) is 7.70. The largest absolute Gasteiger partial charge is 0.381 e. The van der Waals surface area contributed by atoms with Crippen LogP contribution in [0.15, 0.2) is 17.0 Å². The monoisotopic (exact) mass is 409 g/mol. The number of hydrogen-bond acceptors (Lipinski definition) is 3. The van der Waals surface area contributed by atoms with Crippen molar-refractivity contribution in [3.63, 3.8) is 0 Å². The molecule has 144 valence electrons. The summed E-state index contributed by atoms with van der Waals surface area (Å²) in [4.78, 5) is 0.0580. The van der Waals surface area contributed by atoms with Crippen LogP contribution in [0.5, 0.6) is 0 Å². The van der Waals surface area contributed by atoms with E-state index in [-0.39, 0.29) is 9.92 Å². The van der Waals surface area contributed by atoms with Crippen LogP contribution in [0, 0.1) is 12.8 Å². The van der Waals surface area contributed by atoms with Crippen LogP contribution in [-0.4, -0.2) is 28.2 Å². The molecule has 0 saturated heterocycles. The lowest BCUT2D eigenvalue weighted by atomic mass is 10.0. The topological polar surface area (TPSA) is 55.4 Å². The Balaban J connectivity index is 2.39. The molecule has 0 aliphatic carbocycles. The second-order valence-electron chi connectivity index (χ2n) is 6.27. The Morgan fingerprint density at radius 3 is 2.52 bits per heavy atom. The maximum Gasteiger partial charge on any atom is 0.242 e. The lowest BCUT2D eigenvalue weighted by molar-refractivity contribution is 0.0928. The lowest BCUT2D eigenvalue weighted by Gasteiger charge is -2.15. The van der Waals surface area contributed by atoms with E-state index in [4.69, 9.17) is 27.9 Å². The van der Waals surface area contributed by atoms with Crippen LogP contribution in [0.3, 0.4) is 0 Å². The summed E-state index contributed by atoms with van der Waals surface area (Å²) in [6.07, 6.45) is 5.34. The standard InChI is InChI=1S/C18H29Cl2NO3S/c1-4-6-8-15(5-2)13-24-10-7-9-21-25(22,23)18-11-14(3)16(19)12-17(18)20/h11-12,15,21H,4-10,13H2,1-3H3. The zero-order chi connectivity index (χ0) is 18.9. The Bertz CT molecular complexity index is 635. The first-order valence-electron chi connectivity index (χ1n) is 8.84. The molecule has 0 amide bonds. The molecule has 0 radical (unpaired) electrons. The number of halogens is 2. The molecule has 1 aromatic carbocycles. The van der Waals surface area contributed by atoms with Crippen molar-refractivity contribution in [2.24, 2.45) is 5.92 Å². The molecule has 0 aliphatic heterocycles. The van der Waals surface area contributed by atoms with Crippen LogP contribution in [0.25, 0.3) is 0 Å². The summed E-state index contributed by atoms with van der Waals surface area (Å²) >= 11 is 12.0. The van der Waals surface area contributed by atoms with E-state index in [1.165, 1.54) is 31.4 Å². The highest BCUT2D eigenvalue weighted by atomic mass is 35.5. The highest BCUT2D eigenvalue weighted by Gasteiger charge is 2.18. The van der Waals surface area contributed by atoms with Gasteiger partial charge in [-0.3, -0.25) is 0 Å². The van der Waals surface area contributed by atoms with Gasteiger partial charge in [0.25, 0.3) is 0 Å². The van der Waals surface area contributed by atoms with Gasteiger partial charge in [-0.25, -0.2) is 13.1 Å². The van der Waals surface area contributed by atoms with Gasteiger partial charge in [0.05, 0.1) is 5.02 Å². The zero-order valence-corrected chi connectivity index (χ0v) is 17.6. The normalized spacial score (nSPS) is 13.2. The van der Waals surface area contributed by atoms with E-state index >= 15 is 0 Å². The Kier molecular flexibility index (Phi) is 10.4. The van der Waals surface area contributed by atoms with Crippen LogP contribution in [0.4, 0.5) is 0 Å². The van der Waals surface area contributed by atoms with E-state index < -0.39 is 10.0 Å². The van der Waals surface area contributed by atoms with Gasteiger partial charge in [0.15, 0.2) is 0 Å². The van der Waals surface area contributed by atoms with E-state index in [2.05, 4.69) is 18.6 Å². The van der Waals surface area contributed by atoms with Gasteiger partial charge in [0.2, 0.25) is 10.0 Å². The summed E-state index contributed by atoms with van der Waals surface area (Å²) < 4.78 is 32.9. The highest BCUT2D eigenvalue weighted by molar-refractivity contribution is 7.89. The average molecular weight is 410 g/mol. The fourth-order valence-corrected chi connectivity index (χ4v) is 4.35. The van der Waals surface area contributed by atoms with Gasteiger partial charge >= 0.3 is 0 Å². The van der Waals surface area contributed by atoms with E-state index in [1.807, 2.05) is 0 Å². The number of rotatable bonds is 12. The number of hydrogen-bond donors (Lipinski definition) is 1. The van der Waals surface area contributed by atoms with Crippen molar-refractivity contribution in [2.75, 3.05) is 19.8 Å². The van der Waals surface area contributed by atoms with Crippen molar-refractivity contribution in [1.29, 1.82) is 0 Å². The molecule has 7 heteroatoms. The van der Waals surface area contributed by atoms with E-state index in [9.17, 15) is 8.42 Å². The summed E-state index contributed by atoms with van der Waals surface area (Å²) in [5.74, 6) is 0.590. The van der Waals surface area contributed by atoms with E-state index in [0.717, 1.165) is 13.0 Å². The molecule has 0 bridgehead atoms. The third kappa shape index (κ3) is 7.83. The number of benzene rings is 1. The number of unbranched alkanes of at least 4 members (excludes halogenated alkanes) is 1. The number of sulfonamides is 1. The molecule has 0 aromatic heterocycles. The number of ether oxygens (including phenoxy) is 1. The summed E-state index contributed by atoms with van der Waals surface area (Å²) in [6, 6.07) is 2.94. The van der Waals surface area contributed by atoms with Crippen molar-refractivity contribution in [1.82, 2.24) is 4.72 Å². The first kappa shape index (κ1) is 22.7. The maximum absolute atomic E-state index is 12.3. The Labute approximate surface area is 162 Å². The second kappa shape index (κ2) is 11.4. The predicted octanol–water partition coefficient (Wildman–Crippen LogP) is 5.20. The minimum Gasteiger partial charge on any atom is -0.381 e. The highest BCUT2D eigenvalue weighted by Crippen LogP contribution is 2.28. The Morgan fingerprint density at radius 2 is 1.88 bits per heavy atom. The average Bonchev–Trinajstić information content (AvgIpc) is 2.56. The molecule has 1 rings (SSSR count). The first-order chi connectivity index (χ1) is 11.8. The lowest BCUT2D eigenvalue weighted by Crippen LogP contribution is -2.26. The van der Waals surface area contributed by atoms with Crippen LogP contribution in [0.1, 0.15) is 51.5 Å². The molecule has 0 spiro atoms. The summed E-state index contributed by atoms with van der Waals surface area (Å²) in [5, 5.41) is 0.576. The SMILES string of the molecule is CCCCC(CC)COCCCNS(=O)(=O)c1cc(C)c(Cl)cc1Cl. The van der Waals surface area contributed by atoms with Crippen LogP contribution < -0.4 is 4.72 Å². The summed E-state index contributed by atoms with van der Waals surface area (Å²) in [7, 11) is -3.65. The Hall–Kier alpha value is -0.330. The third-order valence-electron chi connectivity index (χ3n) is 4.16. The van der Waals surface area contributed by atoms with Gasteiger partial charge in [-0.15, -0.1) is 0 Å². The van der Waals surface area contributed by atoms with Crippen LogP contribution >= 0.6 is 23.2 Å². The molecule has 1 atom stereocenters. The molecule has 4 nitrogen and oxygen atoms in total. The minimum absolute atomic E-state index is 0.0580. The van der Waals surface area contributed by atoms with E-state index in [1.54, 1.807) is 6.92 Å². The summed E-state index contributed by atoms with van der Waals surface area (Å²) in [5.41, 5.74) is 0.674. The third-order valence-corrected chi connectivity index (χ3v) is 6.49. The molecule has 0 heterocycles. The fraction of sp³-hybridized carbons (Fsp3) is 0.667.